The summed E-state index contributed by atoms with van der Waals surface area (Å²) in [5.74, 6) is 0. The van der Waals surface area contributed by atoms with Gasteiger partial charge in [-0.05, 0) is 6.54 Å². The number of likely N-dealkylation sites (N-methyl/N-ethyl adjacent to an activating group) is 1. The van der Waals surface area contributed by atoms with Crippen LogP contribution in [0, 0.1) is 0 Å². The van der Waals surface area contributed by atoms with Gasteiger partial charge in [-0.25, -0.2) is 14.5 Å². The van der Waals surface area contributed by atoms with Crippen LogP contribution < -0.4 is 5.32 Å². The molecule has 0 aromatic heterocycles. The zero-order valence-electron chi connectivity index (χ0n) is 9.61. The topological polar surface area (TPSA) is 55.9 Å². The maximum Gasteiger partial charge on any atom is 0.328 e. The Balaban J connectivity index is 1.89. The number of rotatable bonds is 1. The number of amides is 4. The van der Waals surface area contributed by atoms with E-state index in [2.05, 4.69) is 17.1 Å². The molecule has 6 heteroatoms. The van der Waals surface area contributed by atoms with E-state index in [9.17, 15) is 9.59 Å². The van der Waals surface area contributed by atoms with E-state index in [0.29, 0.717) is 13.1 Å². The second kappa shape index (κ2) is 4.69. The predicted molar refractivity (Wildman–Crippen MR) is 59.2 cm³/mol. The molecule has 6 nitrogen and oxygen atoms in total. The third-order valence-electron chi connectivity index (χ3n) is 3.18. The Labute approximate surface area is 95.2 Å². The van der Waals surface area contributed by atoms with Gasteiger partial charge in [-0.1, -0.05) is 6.92 Å². The molecule has 1 N–H and O–H groups in total. The molecule has 0 atom stereocenters. The van der Waals surface area contributed by atoms with Crippen LogP contribution >= 0.6 is 0 Å². The lowest BCUT2D eigenvalue weighted by molar-refractivity contribution is 0.124. The largest absolute Gasteiger partial charge is 0.336 e. The predicted octanol–water partition coefficient (Wildman–Crippen LogP) is -0.231. The van der Waals surface area contributed by atoms with Crippen molar-refractivity contribution in [2.45, 2.75) is 6.92 Å². The zero-order chi connectivity index (χ0) is 11.5. The van der Waals surface area contributed by atoms with Gasteiger partial charge in [0.25, 0.3) is 0 Å². The van der Waals surface area contributed by atoms with E-state index < -0.39 is 0 Å². The fourth-order valence-corrected chi connectivity index (χ4v) is 2.08. The van der Waals surface area contributed by atoms with Gasteiger partial charge < -0.3 is 15.1 Å². The lowest BCUT2D eigenvalue weighted by Gasteiger charge is -2.35. The Morgan fingerprint density at radius 2 is 1.94 bits per heavy atom. The minimum Gasteiger partial charge on any atom is -0.336 e. The van der Waals surface area contributed by atoms with Crippen LogP contribution in [0.5, 0.6) is 0 Å². The van der Waals surface area contributed by atoms with Gasteiger partial charge in [-0.2, -0.15) is 0 Å². The van der Waals surface area contributed by atoms with Crippen molar-refractivity contribution < 1.29 is 9.59 Å². The molecule has 2 heterocycles. The van der Waals surface area contributed by atoms with Crippen LogP contribution in [0.25, 0.3) is 0 Å². The minimum atomic E-state index is -0.261. The molecule has 90 valence electrons. The lowest BCUT2D eigenvalue weighted by atomic mass is 10.3. The average molecular weight is 226 g/mol. The molecule has 0 aliphatic carbocycles. The molecular weight excluding hydrogens is 208 g/mol. The zero-order valence-corrected chi connectivity index (χ0v) is 9.61. The first kappa shape index (κ1) is 11.2. The molecule has 0 bridgehead atoms. The van der Waals surface area contributed by atoms with Crippen molar-refractivity contribution in [3.05, 3.63) is 0 Å². The summed E-state index contributed by atoms with van der Waals surface area (Å²) in [6, 6.07) is -0.409. The van der Waals surface area contributed by atoms with Crippen molar-refractivity contribution in [1.82, 2.24) is 20.0 Å². The Morgan fingerprint density at radius 1 is 1.25 bits per heavy atom. The van der Waals surface area contributed by atoms with Crippen LogP contribution in [0.15, 0.2) is 0 Å². The van der Waals surface area contributed by atoms with Gasteiger partial charge in [0.05, 0.1) is 0 Å². The minimum absolute atomic E-state index is 0.147. The summed E-state index contributed by atoms with van der Waals surface area (Å²) in [7, 11) is 0. The first-order valence-corrected chi connectivity index (χ1v) is 5.79. The van der Waals surface area contributed by atoms with Gasteiger partial charge in [0.1, 0.15) is 0 Å². The molecule has 2 aliphatic rings. The summed E-state index contributed by atoms with van der Waals surface area (Å²) >= 11 is 0. The highest BCUT2D eigenvalue weighted by atomic mass is 16.2. The van der Waals surface area contributed by atoms with E-state index >= 15 is 0 Å². The summed E-state index contributed by atoms with van der Waals surface area (Å²) in [5, 5.41) is 2.64. The Kier molecular flexibility index (Phi) is 3.28. The molecule has 2 fully saturated rings. The number of nitrogens with zero attached hydrogens (tertiary/aromatic N) is 3. The summed E-state index contributed by atoms with van der Waals surface area (Å²) in [6.07, 6.45) is 0. The Morgan fingerprint density at radius 3 is 2.44 bits per heavy atom. The van der Waals surface area contributed by atoms with Crippen molar-refractivity contribution in [2.75, 3.05) is 45.8 Å². The maximum absolute atomic E-state index is 12.0. The monoisotopic (exact) mass is 226 g/mol. The van der Waals surface area contributed by atoms with Crippen molar-refractivity contribution in [3.8, 4) is 0 Å². The van der Waals surface area contributed by atoms with Gasteiger partial charge in [0, 0.05) is 39.3 Å². The van der Waals surface area contributed by atoms with Crippen molar-refractivity contribution in [3.63, 3.8) is 0 Å². The molecule has 2 rings (SSSR count). The molecule has 0 aromatic carbocycles. The number of carbonyl (C=O) groups excluding carboxylic acids is 2. The number of piperazine rings is 1. The number of imide groups is 1. The normalized spacial score (nSPS) is 22.4. The van der Waals surface area contributed by atoms with Crippen molar-refractivity contribution in [2.24, 2.45) is 0 Å². The van der Waals surface area contributed by atoms with Gasteiger partial charge in [-0.3, -0.25) is 0 Å². The number of hydrogen-bond donors (Lipinski definition) is 1. The van der Waals surface area contributed by atoms with E-state index in [1.165, 1.54) is 4.90 Å². The SMILES string of the molecule is CCN1CCN(C(=O)N2CCNC2=O)CC1. The van der Waals surface area contributed by atoms with Crippen molar-refractivity contribution >= 4 is 12.1 Å². The van der Waals surface area contributed by atoms with Gasteiger partial charge in [0.2, 0.25) is 0 Å². The van der Waals surface area contributed by atoms with Gasteiger partial charge >= 0.3 is 12.1 Å². The van der Waals surface area contributed by atoms with E-state index in [4.69, 9.17) is 0 Å². The first-order valence-electron chi connectivity index (χ1n) is 5.79. The number of carbonyl (C=O) groups is 2. The van der Waals surface area contributed by atoms with Gasteiger partial charge in [-0.15, -0.1) is 0 Å². The quantitative estimate of drug-likeness (QED) is 0.672. The van der Waals surface area contributed by atoms with E-state index in [-0.39, 0.29) is 12.1 Å². The molecule has 4 amide bonds. The van der Waals surface area contributed by atoms with Crippen LogP contribution in [0.2, 0.25) is 0 Å². The van der Waals surface area contributed by atoms with Crippen molar-refractivity contribution in [1.29, 1.82) is 0 Å². The molecule has 16 heavy (non-hydrogen) atoms. The fourth-order valence-electron chi connectivity index (χ4n) is 2.08. The summed E-state index contributed by atoms with van der Waals surface area (Å²) in [5.41, 5.74) is 0. The summed E-state index contributed by atoms with van der Waals surface area (Å²) < 4.78 is 0. The molecule has 0 radical (unpaired) electrons. The van der Waals surface area contributed by atoms with E-state index in [0.717, 1.165) is 32.7 Å². The highest BCUT2D eigenvalue weighted by Crippen LogP contribution is 2.07. The van der Waals surface area contributed by atoms with Gasteiger partial charge in [0.15, 0.2) is 0 Å². The number of hydrogen-bond acceptors (Lipinski definition) is 3. The number of nitrogens with one attached hydrogen (secondary N) is 1. The third kappa shape index (κ3) is 2.11. The highest BCUT2D eigenvalue weighted by Gasteiger charge is 2.31. The molecule has 0 spiro atoms. The average Bonchev–Trinajstić information content (AvgIpc) is 2.75. The van der Waals surface area contributed by atoms with Crippen LogP contribution in [0.3, 0.4) is 0 Å². The lowest BCUT2D eigenvalue weighted by Crippen LogP contribution is -2.53. The summed E-state index contributed by atoms with van der Waals surface area (Å²) in [6.45, 7) is 7.44. The molecule has 2 aliphatic heterocycles. The molecular formula is C10H18N4O2. The molecule has 0 aromatic rings. The Bertz CT molecular complexity index is 287. The molecule has 0 unspecified atom stereocenters. The second-order valence-electron chi connectivity index (χ2n) is 4.09. The van der Waals surface area contributed by atoms with Crippen LogP contribution in [-0.4, -0.2) is 72.6 Å². The molecule has 2 saturated heterocycles. The number of urea groups is 2. The fraction of sp³-hybridized carbons (Fsp3) is 0.800. The van der Waals surface area contributed by atoms with Crippen LogP contribution in [0.4, 0.5) is 9.59 Å². The van der Waals surface area contributed by atoms with Crippen LogP contribution in [-0.2, 0) is 0 Å². The van der Waals surface area contributed by atoms with E-state index in [1.54, 1.807) is 4.90 Å². The maximum atomic E-state index is 12.0. The highest BCUT2D eigenvalue weighted by molar-refractivity contribution is 5.94. The standard InChI is InChI=1S/C10H18N4O2/c1-2-12-5-7-13(8-6-12)10(16)14-4-3-11-9(14)15/h2-8H2,1H3,(H,11,15). The Hall–Kier alpha value is -1.30. The summed E-state index contributed by atoms with van der Waals surface area (Å²) in [4.78, 5) is 28.7. The second-order valence-corrected chi connectivity index (χ2v) is 4.09. The molecule has 0 saturated carbocycles. The third-order valence-corrected chi connectivity index (χ3v) is 3.18. The van der Waals surface area contributed by atoms with E-state index in [1.807, 2.05) is 0 Å². The first-order chi connectivity index (χ1) is 7.72. The smallest absolute Gasteiger partial charge is 0.328 e. The van der Waals surface area contributed by atoms with Crippen LogP contribution in [0.1, 0.15) is 6.92 Å².